The summed E-state index contributed by atoms with van der Waals surface area (Å²) in [5, 5.41) is 8.76. The highest BCUT2D eigenvalue weighted by Crippen LogP contribution is 2.25. The molecule has 0 aliphatic carbocycles. The maximum atomic E-state index is 12.7. The Morgan fingerprint density at radius 3 is 2.57 bits per heavy atom. The lowest BCUT2D eigenvalue weighted by Gasteiger charge is -2.39. The van der Waals surface area contributed by atoms with Crippen LogP contribution in [0.4, 0.5) is 0 Å². The Morgan fingerprint density at radius 2 is 2.00 bits per heavy atom. The van der Waals surface area contributed by atoms with Gasteiger partial charge in [0.1, 0.15) is 6.61 Å². The fraction of sp³-hybridized carbons (Fsp3) is 0.500. The molecule has 2 rings (SSSR count). The van der Waals surface area contributed by atoms with Crippen LogP contribution >= 0.6 is 0 Å². The Morgan fingerprint density at radius 1 is 1.33 bits per heavy atom. The molecule has 0 bridgehead atoms. The van der Waals surface area contributed by atoms with Crippen molar-refractivity contribution in [1.82, 2.24) is 4.90 Å². The van der Waals surface area contributed by atoms with Gasteiger partial charge in [-0.1, -0.05) is 11.8 Å². The molecule has 0 unspecified atom stereocenters. The summed E-state index contributed by atoms with van der Waals surface area (Å²) >= 11 is 0. The Labute approximate surface area is 127 Å². The van der Waals surface area contributed by atoms with Gasteiger partial charge in [-0.25, -0.2) is 0 Å². The lowest BCUT2D eigenvalue weighted by molar-refractivity contribution is 0.0510. The molecular formula is C18H23NO2. The number of aliphatic hydroxyl groups is 1. The number of carbonyl (C=O) groups is 1. The Hall–Kier alpha value is -1.79. The number of piperidine rings is 1. The first kappa shape index (κ1) is 15.6. The number of carbonyl (C=O) groups excluding carboxylic acids is 1. The predicted molar refractivity (Wildman–Crippen MR) is 84.1 cm³/mol. The van der Waals surface area contributed by atoms with Crippen LogP contribution in [0.25, 0.3) is 0 Å². The monoisotopic (exact) mass is 285 g/mol. The molecule has 2 atom stereocenters. The van der Waals surface area contributed by atoms with Crippen LogP contribution in [0.3, 0.4) is 0 Å². The van der Waals surface area contributed by atoms with Gasteiger partial charge in [0.2, 0.25) is 0 Å². The molecule has 1 aliphatic rings. The van der Waals surface area contributed by atoms with Gasteiger partial charge in [0.15, 0.2) is 0 Å². The van der Waals surface area contributed by atoms with Crippen LogP contribution in [0.15, 0.2) is 18.2 Å². The van der Waals surface area contributed by atoms with Crippen molar-refractivity contribution in [3.8, 4) is 11.8 Å². The molecule has 21 heavy (non-hydrogen) atoms. The molecule has 0 radical (unpaired) electrons. The summed E-state index contributed by atoms with van der Waals surface area (Å²) in [4.78, 5) is 14.8. The zero-order valence-electron chi connectivity index (χ0n) is 13.0. The molecule has 3 nitrogen and oxygen atoms in total. The van der Waals surface area contributed by atoms with E-state index in [0.29, 0.717) is 12.1 Å². The lowest BCUT2D eigenvalue weighted by atomic mass is 9.95. The molecule has 1 aromatic carbocycles. The summed E-state index contributed by atoms with van der Waals surface area (Å²) in [6, 6.07) is 6.21. The number of nitrogens with zero attached hydrogens (tertiary/aromatic N) is 1. The topological polar surface area (TPSA) is 40.5 Å². The number of rotatable bonds is 1. The van der Waals surface area contributed by atoms with Gasteiger partial charge in [0, 0.05) is 23.2 Å². The van der Waals surface area contributed by atoms with Crippen molar-refractivity contribution in [2.24, 2.45) is 0 Å². The van der Waals surface area contributed by atoms with Crippen LogP contribution in [0.2, 0.25) is 0 Å². The van der Waals surface area contributed by atoms with Gasteiger partial charge in [-0.3, -0.25) is 4.79 Å². The van der Waals surface area contributed by atoms with Crippen LogP contribution in [-0.4, -0.2) is 34.6 Å². The van der Waals surface area contributed by atoms with Crippen molar-refractivity contribution in [1.29, 1.82) is 0 Å². The molecule has 1 N–H and O–H groups in total. The van der Waals surface area contributed by atoms with E-state index in [9.17, 15) is 4.79 Å². The van der Waals surface area contributed by atoms with Gasteiger partial charge >= 0.3 is 0 Å². The number of aryl methyl sites for hydroxylation is 1. The predicted octanol–water partition coefficient (Wildman–Crippen LogP) is 2.74. The third-order valence-electron chi connectivity index (χ3n) is 4.20. The molecule has 1 saturated heterocycles. The van der Waals surface area contributed by atoms with Crippen molar-refractivity contribution in [3.63, 3.8) is 0 Å². The molecule has 0 spiro atoms. The number of benzene rings is 1. The average Bonchev–Trinajstić information content (AvgIpc) is 2.45. The summed E-state index contributed by atoms with van der Waals surface area (Å²) in [7, 11) is 0. The van der Waals surface area contributed by atoms with Crippen molar-refractivity contribution >= 4 is 5.91 Å². The van der Waals surface area contributed by atoms with E-state index in [-0.39, 0.29) is 12.5 Å². The number of hydrogen-bond acceptors (Lipinski definition) is 2. The quantitative estimate of drug-likeness (QED) is 0.806. The largest absolute Gasteiger partial charge is 0.384 e. The molecule has 1 aromatic rings. The number of hydrogen-bond donors (Lipinski definition) is 1. The molecule has 1 fully saturated rings. The Balaban J connectivity index is 2.25. The average molecular weight is 285 g/mol. The molecule has 1 amide bonds. The van der Waals surface area contributed by atoms with Crippen LogP contribution in [0.5, 0.6) is 0 Å². The molecule has 1 heterocycles. The van der Waals surface area contributed by atoms with Crippen LogP contribution in [0.1, 0.15) is 54.6 Å². The van der Waals surface area contributed by atoms with E-state index in [2.05, 4.69) is 25.7 Å². The lowest BCUT2D eigenvalue weighted by Crippen LogP contribution is -2.47. The molecule has 3 heteroatoms. The summed E-state index contributed by atoms with van der Waals surface area (Å²) in [6.45, 7) is 6.05. The van der Waals surface area contributed by atoms with Crippen LogP contribution in [0, 0.1) is 18.8 Å². The normalized spacial score (nSPS) is 21.6. The van der Waals surface area contributed by atoms with Gasteiger partial charge < -0.3 is 10.0 Å². The van der Waals surface area contributed by atoms with E-state index in [1.165, 1.54) is 6.42 Å². The van der Waals surface area contributed by atoms with Crippen molar-refractivity contribution in [3.05, 3.63) is 34.9 Å². The fourth-order valence-electron chi connectivity index (χ4n) is 3.04. The standard InChI is InChI=1S/C18H23NO2/c1-13-12-17(10-9-16(13)8-5-11-20)18(21)19-14(2)6-4-7-15(19)3/h9-10,12,14-15,20H,4,6-7,11H2,1-3H3/t14-,15+. The third kappa shape index (κ3) is 3.46. The van der Waals surface area contributed by atoms with Gasteiger partial charge in [-0.15, -0.1) is 0 Å². The molecule has 1 aliphatic heterocycles. The van der Waals surface area contributed by atoms with Gasteiger partial charge in [0.05, 0.1) is 0 Å². The number of likely N-dealkylation sites (tertiary alicyclic amines) is 1. The van der Waals surface area contributed by atoms with E-state index >= 15 is 0 Å². The summed E-state index contributed by atoms with van der Waals surface area (Å²) < 4.78 is 0. The van der Waals surface area contributed by atoms with Gasteiger partial charge in [0.25, 0.3) is 5.91 Å². The van der Waals surface area contributed by atoms with Crippen molar-refractivity contribution < 1.29 is 9.90 Å². The summed E-state index contributed by atoms with van der Waals surface area (Å²) in [5.74, 6) is 5.65. The maximum Gasteiger partial charge on any atom is 0.254 e. The number of aliphatic hydroxyl groups excluding tert-OH is 1. The first-order valence-corrected chi connectivity index (χ1v) is 7.57. The first-order valence-electron chi connectivity index (χ1n) is 7.57. The van der Waals surface area contributed by atoms with E-state index in [1.54, 1.807) is 0 Å². The second-order valence-electron chi connectivity index (χ2n) is 5.83. The molecule has 0 aromatic heterocycles. The van der Waals surface area contributed by atoms with Crippen molar-refractivity contribution in [2.45, 2.75) is 52.1 Å². The Kier molecular flexibility index (Phi) is 5.03. The second kappa shape index (κ2) is 6.78. The fourth-order valence-corrected chi connectivity index (χ4v) is 3.04. The SMILES string of the molecule is Cc1cc(C(=O)N2[C@H](C)CCC[C@@H]2C)ccc1C#CCO. The smallest absolute Gasteiger partial charge is 0.254 e. The van der Waals surface area contributed by atoms with E-state index in [4.69, 9.17) is 5.11 Å². The maximum absolute atomic E-state index is 12.7. The second-order valence-corrected chi connectivity index (χ2v) is 5.83. The first-order chi connectivity index (χ1) is 10.0. The third-order valence-corrected chi connectivity index (χ3v) is 4.20. The highest BCUT2D eigenvalue weighted by molar-refractivity contribution is 5.95. The van der Waals surface area contributed by atoms with Gasteiger partial charge in [-0.2, -0.15) is 0 Å². The zero-order valence-corrected chi connectivity index (χ0v) is 13.0. The van der Waals surface area contributed by atoms with Crippen LogP contribution < -0.4 is 0 Å². The van der Waals surface area contributed by atoms with Gasteiger partial charge in [-0.05, 0) is 63.8 Å². The minimum absolute atomic E-state index is 0.111. The van der Waals surface area contributed by atoms with E-state index < -0.39 is 0 Å². The van der Waals surface area contributed by atoms with Crippen molar-refractivity contribution in [2.75, 3.05) is 6.61 Å². The zero-order chi connectivity index (χ0) is 15.4. The molecule has 112 valence electrons. The molecular weight excluding hydrogens is 262 g/mol. The van der Waals surface area contributed by atoms with E-state index in [0.717, 1.165) is 29.5 Å². The highest BCUT2D eigenvalue weighted by Gasteiger charge is 2.29. The summed E-state index contributed by atoms with van der Waals surface area (Å²) in [5.41, 5.74) is 2.56. The highest BCUT2D eigenvalue weighted by atomic mass is 16.2. The van der Waals surface area contributed by atoms with Crippen LogP contribution in [-0.2, 0) is 0 Å². The minimum atomic E-state index is -0.150. The minimum Gasteiger partial charge on any atom is -0.384 e. The Bertz CT molecular complexity index is 573. The van der Waals surface area contributed by atoms with E-state index in [1.807, 2.05) is 30.0 Å². The number of amides is 1. The summed E-state index contributed by atoms with van der Waals surface area (Å²) in [6.07, 6.45) is 3.35. The molecule has 0 saturated carbocycles.